The second kappa shape index (κ2) is 5.94. The lowest BCUT2D eigenvalue weighted by Gasteiger charge is -2.52. The number of rotatable bonds is 4. The highest BCUT2D eigenvalue weighted by Crippen LogP contribution is 2.40. The standard InChI is InChI=1S/C19H29NO/c1-7-16-9-11-17(12-10-16)15(2)21-20-18(3,4)13-8-14-19(20,5)6/h7,9-12,15H,1,8,13-14H2,2-6H3. The number of hydroxylamine groups is 2. The third-order valence-electron chi connectivity index (χ3n) is 4.58. The van der Waals surface area contributed by atoms with Gasteiger partial charge in [0.25, 0.3) is 0 Å². The summed E-state index contributed by atoms with van der Waals surface area (Å²) in [5, 5.41) is 2.23. The van der Waals surface area contributed by atoms with Crippen molar-refractivity contribution in [2.45, 2.75) is 71.1 Å². The number of benzene rings is 1. The SMILES string of the molecule is C=Cc1ccc(C(C)ON2C(C)(C)CCCC2(C)C)cc1. The van der Waals surface area contributed by atoms with Crippen molar-refractivity contribution in [1.82, 2.24) is 5.06 Å². The largest absolute Gasteiger partial charge is 0.290 e. The molecule has 116 valence electrons. The predicted octanol–water partition coefficient (Wildman–Crippen LogP) is 5.37. The van der Waals surface area contributed by atoms with Crippen molar-refractivity contribution >= 4 is 6.08 Å². The second-order valence-electron chi connectivity index (χ2n) is 7.39. The summed E-state index contributed by atoms with van der Waals surface area (Å²) in [6.07, 6.45) is 5.55. The van der Waals surface area contributed by atoms with E-state index in [4.69, 9.17) is 4.84 Å². The van der Waals surface area contributed by atoms with Crippen LogP contribution in [-0.2, 0) is 4.84 Å². The van der Waals surface area contributed by atoms with Gasteiger partial charge in [0.05, 0.1) is 0 Å². The Balaban J connectivity index is 2.15. The Labute approximate surface area is 129 Å². The third kappa shape index (κ3) is 3.56. The van der Waals surface area contributed by atoms with Gasteiger partial charge in [-0.2, -0.15) is 5.06 Å². The minimum absolute atomic E-state index is 0.0560. The van der Waals surface area contributed by atoms with Gasteiger partial charge in [0.15, 0.2) is 0 Å². The topological polar surface area (TPSA) is 12.5 Å². The van der Waals surface area contributed by atoms with Gasteiger partial charge in [-0.05, 0) is 65.0 Å². The maximum atomic E-state index is 6.39. The van der Waals surface area contributed by atoms with Crippen LogP contribution in [0.4, 0.5) is 0 Å². The molecule has 1 aromatic rings. The van der Waals surface area contributed by atoms with E-state index in [0.29, 0.717) is 0 Å². The lowest BCUT2D eigenvalue weighted by Crippen LogP contribution is -2.58. The molecule has 1 aliphatic heterocycles. The lowest BCUT2D eigenvalue weighted by atomic mass is 9.82. The fourth-order valence-corrected chi connectivity index (χ4v) is 3.38. The summed E-state index contributed by atoms with van der Waals surface area (Å²) >= 11 is 0. The van der Waals surface area contributed by atoms with E-state index in [0.717, 1.165) is 5.56 Å². The summed E-state index contributed by atoms with van der Waals surface area (Å²) in [7, 11) is 0. The molecule has 1 heterocycles. The Morgan fingerprint density at radius 1 is 1.10 bits per heavy atom. The maximum Gasteiger partial charge on any atom is 0.102 e. The molecule has 1 fully saturated rings. The fourth-order valence-electron chi connectivity index (χ4n) is 3.38. The molecule has 1 aromatic carbocycles. The minimum atomic E-state index is 0.0560. The van der Waals surface area contributed by atoms with Crippen LogP contribution in [0.5, 0.6) is 0 Å². The molecular formula is C19H29NO. The molecule has 0 aliphatic carbocycles. The highest BCUT2D eigenvalue weighted by atomic mass is 16.7. The molecular weight excluding hydrogens is 258 g/mol. The van der Waals surface area contributed by atoms with Crippen molar-refractivity contribution in [3.63, 3.8) is 0 Å². The van der Waals surface area contributed by atoms with E-state index in [2.05, 4.69) is 70.5 Å². The Kier molecular flexibility index (Phi) is 4.60. The minimum Gasteiger partial charge on any atom is -0.290 e. The van der Waals surface area contributed by atoms with Crippen LogP contribution in [0, 0.1) is 0 Å². The molecule has 0 amide bonds. The monoisotopic (exact) mass is 287 g/mol. The first-order chi connectivity index (χ1) is 9.76. The highest BCUT2D eigenvalue weighted by Gasteiger charge is 2.43. The van der Waals surface area contributed by atoms with Gasteiger partial charge in [0.2, 0.25) is 0 Å². The lowest BCUT2D eigenvalue weighted by molar-refractivity contribution is -0.304. The Bertz CT molecular complexity index is 471. The van der Waals surface area contributed by atoms with E-state index in [-0.39, 0.29) is 17.2 Å². The van der Waals surface area contributed by atoms with Crippen LogP contribution in [0.15, 0.2) is 30.8 Å². The molecule has 1 atom stereocenters. The first-order valence-electron chi connectivity index (χ1n) is 7.96. The van der Waals surface area contributed by atoms with Gasteiger partial charge < -0.3 is 0 Å². The normalized spacial score (nSPS) is 22.7. The summed E-state index contributed by atoms with van der Waals surface area (Å²) in [4.78, 5) is 6.39. The fraction of sp³-hybridized carbons (Fsp3) is 0.579. The van der Waals surface area contributed by atoms with Crippen LogP contribution < -0.4 is 0 Å². The van der Waals surface area contributed by atoms with Crippen LogP contribution in [0.2, 0.25) is 0 Å². The van der Waals surface area contributed by atoms with Crippen molar-refractivity contribution in [2.24, 2.45) is 0 Å². The maximum absolute atomic E-state index is 6.39. The van der Waals surface area contributed by atoms with E-state index >= 15 is 0 Å². The number of hydrogen-bond donors (Lipinski definition) is 0. The number of nitrogens with zero attached hydrogens (tertiary/aromatic N) is 1. The average Bonchev–Trinajstić information content (AvgIpc) is 2.42. The zero-order valence-electron chi connectivity index (χ0n) is 14.1. The van der Waals surface area contributed by atoms with Crippen LogP contribution in [0.25, 0.3) is 6.08 Å². The zero-order chi connectivity index (χ0) is 15.7. The summed E-state index contributed by atoms with van der Waals surface area (Å²) < 4.78 is 0. The van der Waals surface area contributed by atoms with E-state index in [9.17, 15) is 0 Å². The highest BCUT2D eigenvalue weighted by molar-refractivity contribution is 5.47. The molecule has 21 heavy (non-hydrogen) atoms. The smallest absolute Gasteiger partial charge is 0.102 e. The van der Waals surface area contributed by atoms with Gasteiger partial charge >= 0.3 is 0 Å². The third-order valence-corrected chi connectivity index (χ3v) is 4.58. The van der Waals surface area contributed by atoms with Gasteiger partial charge in [-0.15, -0.1) is 0 Å². The Morgan fingerprint density at radius 2 is 1.62 bits per heavy atom. The van der Waals surface area contributed by atoms with Crippen molar-refractivity contribution in [3.8, 4) is 0 Å². The first-order valence-corrected chi connectivity index (χ1v) is 7.96. The Morgan fingerprint density at radius 3 is 2.10 bits per heavy atom. The predicted molar refractivity (Wildman–Crippen MR) is 89.9 cm³/mol. The Hall–Kier alpha value is -1.12. The van der Waals surface area contributed by atoms with E-state index < -0.39 is 0 Å². The van der Waals surface area contributed by atoms with Crippen molar-refractivity contribution in [2.75, 3.05) is 0 Å². The van der Waals surface area contributed by atoms with Crippen LogP contribution in [-0.4, -0.2) is 16.1 Å². The van der Waals surface area contributed by atoms with Gasteiger partial charge in [-0.1, -0.05) is 36.9 Å². The average molecular weight is 287 g/mol. The van der Waals surface area contributed by atoms with E-state index in [1.807, 2.05) is 6.08 Å². The van der Waals surface area contributed by atoms with Crippen LogP contribution in [0.1, 0.15) is 71.1 Å². The molecule has 0 bridgehead atoms. The molecule has 0 radical (unpaired) electrons. The quantitative estimate of drug-likeness (QED) is 0.738. The summed E-state index contributed by atoms with van der Waals surface area (Å²) in [6.45, 7) is 15.0. The van der Waals surface area contributed by atoms with Crippen molar-refractivity contribution in [3.05, 3.63) is 42.0 Å². The van der Waals surface area contributed by atoms with Gasteiger partial charge in [0.1, 0.15) is 6.10 Å². The molecule has 0 N–H and O–H groups in total. The van der Waals surface area contributed by atoms with Crippen LogP contribution >= 0.6 is 0 Å². The molecule has 0 saturated carbocycles. The van der Waals surface area contributed by atoms with Crippen molar-refractivity contribution in [1.29, 1.82) is 0 Å². The molecule has 2 nitrogen and oxygen atoms in total. The molecule has 1 unspecified atom stereocenters. The summed E-state index contributed by atoms with van der Waals surface area (Å²) in [5.74, 6) is 0. The van der Waals surface area contributed by atoms with Gasteiger partial charge in [-0.25, -0.2) is 0 Å². The molecule has 0 spiro atoms. The summed E-state index contributed by atoms with van der Waals surface area (Å²) in [6, 6.07) is 8.45. The van der Waals surface area contributed by atoms with Crippen LogP contribution in [0.3, 0.4) is 0 Å². The summed E-state index contributed by atoms with van der Waals surface area (Å²) in [5.41, 5.74) is 2.51. The molecule has 1 aliphatic rings. The van der Waals surface area contributed by atoms with E-state index in [1.165, 1.54) is 24.8 Å². The first kappa shape index (κ1) is 16.3. The second-order valence-corrected chi connectivity index (χ2v) is 7.39. The van der Waals surface area contributed by atoms with E-state index in [1.54, 1.807) is 0 Å². The zero-order valence-corrected chi connectivity index (χ0v) is 14.1. The van der Waals surface area contributed by atoms with Gasteiger partial charge in [-0.3, -0.25) is 4.84 Å². The van der Waals surface area contributed by atoms with Gasteiger partial charge in [0, 0.05) is 11.1 Å². The molecule has 2 rings (SSSR count). The van der Waals surface area contributed by atoms with Crippen molar-refractivity contribution < 1.29 is 4.84 Å². The molecule has 0 aromatic heterocycles. The number of piperidine rings is 1. The molecule has 2 heteroatoms. The number of hydrogen-bond acceptors (Lipinski definition) is 2. The molecule has 1 saturated heterocycles.